The average molecular weight is 335 g/mol. The van der Waals surface area contributed by atoms with E-state index < -0.39 is 0 Å². The summed E-state index contributed by atoms with van der Waals surface area (Å²) in [6.07, 6.45) is 1.10. The number of phenols is 1. The molecule has 2 aliphatic rings. The van der Waals surface area contributed by atoms with Crippen LogP contribution < -0.4 is 10.1 Å². The molecule has 2 heterocycles. The van der Waals surface area contributed by atoms with Crippen LogP contribution in [-0.2, 0) is 11.3 Å². The standard InChI is InChI=1S/C17H25N3O4/c1-19-7-8-24-15-5-6-20(11-13(15)19)17(22)18-10-12-3-4-14(21)16(9-12)23-2/h3-4,9,13,15,21H,5-8,10-11H2,1-2H3,(H,18,22). The molecule has 0 aromatic heterocycles. The number of carbonyl (C=O) groups excluding carboxylic acids is 1. The van der Waals surface area contributed by atoms with Crippen molar-refractivity contribution in [2.24, 2.45) is 0 Å². The molecule has 0 spiro atoms. The summed E-state index contributed by atoms with van der Waals surface area (Å²) in [4.78, 5) is 16.6. The lowest BCUT2D eigenvalue weighted by molar-refractivity contribution is -0.0881. The maximum Gasteiger partial charge on any atom is 0.317 e. The van der Waals surface area contributed by atoms with Gasteiger partial charge in [0.25, 0.3) is 0 Å². The average Bonchev–Trinajstić information content (AvgIpc) is 2.61. The van der Waals surface area contributed by atoms with E-state index in [-0.39, 0.29) is 23.9 Å². The van der Waals surface area contributed by atoms with E-state index in [1.165, 1.54) is 7.11 Å². The molecule has 0 radical (unpaired) electrons. The zero-order valence-electron chi connectivity index (χ0n) is 14.2. The Kier molecular flexibility index (Phi) is 5.11. The molecule has 2 N–H and O–H groups in total. The molecule has 2 atom stereocenters. The number of likely N-dealkylation sites (N-methyl/N-ethyl adjacent to an activating group) is 1. The molecular weight excluding hydrogens is 310 g/mol. The third kappa shape index (κ3) is 3.57. The Bertz CT molecular complexity index is 595. The summed E-state index contributed by atoms with van der Waals surface area (Å²) in [7, 11) is 3.59. The molecule has 1 aromatic carbocycles. The predicted molar refractivity (Wildman–Crippen MR) is 89.2 cm³/mol. The van der Waals surface area contributed by atoms with Crippen LogP contribution in [0.1, 0.15) is 12.0 Å². The van der Waals surface area contributed by atoms with Gasteiger partial charge in [-0.05, 0) is 31.2 Å². The van der Waals surface area contributed by atoms with Crippen molar-refractivity contribution in [3.05, 3.63) is 23.8 Å². The zero-order valence-corrected chi connectivity index (χ0v) is 14.2. The lowest BCUT2D eigenvalue weighted by Gasteiger charge is -2.45. The van der Waals surface area contributed by atoms with E-state index >= 15 is 0 Å². The van der Waals surface area contributed by atoms with Gasteiger partial charge in [0.15, 0.2) is 11.5 Å². The smallest absolute Gasteiger partial charge is 0.317 e. The zero-order chi connectivity index (χ0) is 17.1. The van der Waals surface area contributed by atoms with Gasteiger partial charge in [-0.15, -0.1) is 0 Å². The van der Waals surface area contributed by atoms with Crippen LogP contribution in [0.15, 0.2) is 18.2 Å². The van der Waals surface area contributed by atoms with E-state index in [0.717, 1.165) is 25.1 Å². The van der Waals surface area contributed by atoms with Gasteiger partial charge in [0, 0.05) is 26.2 Å². The van der Waals surface area contributed by atoms with Gasteiger partial charge < -0.3 is 24.8 Å². The summed E-state index contributed by atoms with van der Waals surface area (Å²) in [6, 6.07) is 5.27. The number of morpholine rings is 1. The van der Waals surface area contributed by atoms with Crippen molar-refractivity contribution in [1.82, 2.24) is 15.1 Å². The highest BCUT2D eigenvalue weighted by atomic mass is 16.5. The van der Waals surface area contributed by atoms with E-state index in [1.54, 1.807) is 18.2 Å². The molecule has 2 saturated heterocycles. The molecular formula is C17H25N3O4. The Hall–Kier alpha value is -1.99. The second kappa shape index (κ2) is 7.27. The van der Waals surface area contributed by atoms with E-state index in [0.29, 0.717) is 25.4 Å². The molecule has 7 nitrogen and oxygen atoms in total. The van der Waals surface area contributed by atoms with Gasteiger partial charge in [-0.1, -0.05) is 6.07 Å². The van der Waals surface area contributed by atoms with Gasteiger partial charge in [0.05, 0.1) is 25.9 Å². The highest BCUT2D eigenvalue weighted by Crippen LogP contribution is 2.26. The molecule has 2 aliphatic heterocycles. The molecule has 7 heteroatoms. The van der Waals surface area contributed by atoms with Crippen molar-refractivity contribution in [3.8, 4) is 11.5 Å². The van der Waals surface area contributed by atoms with E-state index in [4.69, 9.17) is 9.47 Å². The molecule has 1 aromatic rings. The molecule has 2 amide bonds. The molecule has 0 aliphatic carbocycles. The molecule has 0 saturated carbocycles. The van der Waals surface area contributed by atoms with Gasteiger partial charge in [0.2, 0.25) is 0 Å². The number of methoxy groups -OCH3 is 1. The number of likely N-dealkylation sites (tertiary alicyclic amines) is 1. The topological polar surface area (TPSA) is 74.3 Å². The van der Waals surface area contributed by atoms with Crippen LogP contribution in [-0.4, -0.2) is 73.5 Å². The summed E-state index contributed by atoms with van der Waals surface area (Å²) in [5.41, 5.74) is 0.881. The number of ether oxygens (including phenoxy) is 2. The monoisotopic (exact) mass is 335 g/mol. The van der Waals surface area contributed by atoms with Crippen molar-refractivity contribution in [1.29, 1.82) is 0 Å². The highest BCUT2D eigenvalue weighted by Gasteiger charge is 2.36. The van der Waals surface area contributed by atoms with Crippen LogP contribution in [0.5, 0.6) is 11.5 Å². The van der Waals surface area contributed by atoms with Crippen LogP contribution in [0.2, 0.25) is 0 Å². The van der Waals surface area contributed by atoms with Gasteiger partial charge >= 0.3 is 6.03 Å². The Morgan fingerprint density at radius 3 is 3.08 bits per heavy atom. The maximum absolute atomic E-state index is 12.4. The number of hydrogen-bond donors (Lipinski definition) is 2. The molecule has 132 valence electrons. The number of carbonyl (C=O) groups is 1. The fourth-order valence-electron chi connectivity index (χ4n) is 3.35. The van der Waals surface area contributed by atoms with Crippen LogP contribution >= 0.6 is 0 Å². The van der Waals surface area contributed by atoms with Crippen molar-refractivity contribution in [3.63, 3.8) is 0 Å². The van der Waals surface area contributed by atoms with E-state index in [1.807, 2.05) is 4.90 Å². The minimum atomic E-state index is -0.0699. The van der Waals surface area contributed by atoms with Gasteiger partial charge in [-0.3, -0.25) is 4.90 Å². The van der Waals surface area contributed by atoms with Gasteiger partial charge in [-0.25, -0.2) is 4.79 Å². The SMILES string of the molecule is COc1cc(CNC(=O)N2CCC3OCCN(C)C3C2)ccc1O. The third-order valence-corrected chi connectivity index (χ3v) is 4.84. The van der Waals surface area contributed by atoms with Crippen molar-refractivity contribution < 1.29 is 19.4 Å². The Labute approximate surface area is 142 Å². The summed E-state index contributed by atoms with van der Waals surface area (Å²) >= 11 is 0. The molecule has 0 bridgehead atoms. The fourth-order valence-corrected chi connectivity index (χ4v) is 3.35. The first-order valence-electron chi connectivity index (χ1n) is 8.29. The minimum Gasteiger partial charge on any atom is -0.504 e. The Morgan fingerprint density at radius 2 is 2.29 bits per heavy atom. The Morgan fingerprint density at radius 1 is 1.46 bits per heavy atom. The van der Waals surface area contributed by atoms with Crippen LogP contribution in [0.3, 0.4) is 0 Å². The summed E-state index contributed by atoms with van der Waals surface area (Å²) in [5.74, 6) is 0.499. The first-order chi connectivity index (χ1) is 11.6. The number of rotatable bonds is 3. The Balaban J connectivity index is 1.55. The number of amides is 2. The quantitative estimate of drug-likeness (QED) is 0.863. The third-order valence-electron chi connectivity index (χ3n) is 4.84. The number of aromatic hydroxyl groups is 1. The predicted octanol–water partition coefficient (Wildman–Crippen LogP) is 1.02. The number of piperidine rings is 1. The molecule has 2 fully saturated rings. The summed E-state index contributed by atoms with van der Waals surface area (Å²) in [6.45, 7) is 3.47. The normalized spacial score (nSPS) is 24.3. The lowest BCUT2D eigenvalue weighted by atomic mass is 9.99. The van der Waals surface area contributed by atoms with Gasteiger partial charge in [-0.2, -0.15) is 0 Å². The number of hydrogen-bond acceptors (Lipinski definition) is 5. The number of benzene rings is 1. The molecule has 24 heavy (non-hydrogen) atoms. The van der Waals surface area contributed by atoms with Crippen molar-refractivity contribution in [2.45, 2.75) is 25.1 Å². The number of phenolic OH excluding ortho intramolecular Hbond substituents is 1. The highest BCUT2D eigenvalue weighted by molar-refractivity contribution is 5.74. The van der Waals surface area contributed by atoms with Crippen LogP contribution in [0.25, 0.3) is 0 Å². The summed E-state index contributed by atoms with van der Waals surface area (Å²) in [5, 5.41) is 12.6. The first-order valence-corrected chi connectivity index (χ1v) is 8.29. The van der Waals surface area contributed by atoms with Gasteiger partial charge in [0.1, 0.15) is 0 Å². The maximum atomic E-state index is 12.4. The second-order valence-electron chi connectivity index (χ2n) is 6.36. The number of nitrogens with zero attached hydrogens (tertiary/aromatic N) is 2. The minimum absolute atomic E-state index is 0.0699. The molecule has 2 unspecified atom stereocenters. The van der Waals surface area contributed by atoms with Crippen molar-refractivity contribution >= 4 is 6.03 Å². The first kappa shape index (κ1) is 16.9. The fraction of sp³-hybridized carbons (Fsp3) is 0.588. The molecule has 3 rings (SSSR count). The van der Waals surface area contributed by atoms with Crippen LogP contribution in [0.4, 0.5) is 4.79 Å². The van der Waals surface area contributed by atoms with E-state index in [9.17, 15) is 9.90 Å². The largest absolute Gasteiger partial charge is 0.504 e. The number of urea groups is 1. The van der Waals surface area contributed by atoms with E-state index in [2.05, 4.69) is 17.3 Å². The van der Waals surface area contributed by atoms with Crippen LogP contribution in [0, 0.1) is 0 Å². The number of fused-ring (bicyclic) bond motifs is 1. The lowest BCUT2D eigenvalue weighted by Crippen LogP contribution is -2.60. The number of nitrogens with one attached hydrogen (secondary N) is 1. The second-order valence-corrected chi connectivity index (χ2v) is 6.36. The van der Waals surface area contributed by atoms with Crippen molar-refractivity contribution in [2.75, 3.05) is 40.4 Å². The summed E-state index contributed by atoms with van der Waals surface area (Å²) < 4.78 is 10.9.